The maximum atomic E-state index is 12.9. The molecule has 150 valence electrons. The summed E-state index contributed by atoms with van der Waals surface area (Å²) in [6.45, 7) is 11.6. The molecule has 5 nitrogen and oxygen atoms in total. The first-order chi connectivity index (χ1) is 11.9. The number of Topliss-reactive ketones (excluding diaryl/α,β-unsaturated/α-hetero) is 3. The molecule has 0 unspecified atom stereocenters. The summed E-state index contributed by atoms with van der Waals surface area (Å²) in [5, 5.41) is 21.7. The molecule has 0 aliphatic heterocycles. The number of hydrogen-bond acceptors (Lipinski definition) is 5. The second kappa shape index (κ2) is 11.4. The minimum Gasteiger partial charge on any atom is -1.00 e. The van der Waals surface area contributed by atoms with Gasteiger partial charge in [-0.3, -0.25) is 14.4 Å². The fraction of sp³-hybridized carbons (Fsp3) is 0.762. The molecule has 0 fully saturated rings. The van der Waals surface area contributed by atoms with E-state index in [-0.39, 0.29) is 95.4 Å². The number of hydrogen-bond donors (Lipinski definition) is 2. The van der Waals surface area contributed by atoms with Crippen molar-refractivity contribution in [2.75, 3.05) is 0 Å². The van der Waals surface area contributed by atoms with E-state index in [2.05, 4.69) is 0 Å². The van der Waals surface area contributed by atoms with E-state index in [1.807, 2.05) is 41.5 Å². The van der Waals surface area contributed by atoms with E-state index in [1.54, 1.807) is 0 Å². The maximum absolute atomic E-state index is 12.9. The average Bonchev–Trinajstić information content (AvgIpc) is 2.69. The summed E-state index contributed by atoms with van der Waals surface area (Å²) in [5.41, 5.74) is -2.63. The number of aliphatic hydroxyl groups excluding tert-OH is 1. The molecule has 0 saturated heterocycles. The maximum Gasteiger partial charge on any atom is 1.00 e. The molecule has 2 N–H and O–H groups in total. The van der Waals surface area contributed by atoms with Crippen LogP contribution >= 0.6 is 0 Å². The number of carbonyl (C=O) groups excluding carboxylic acids is 3. The van der Waals surface area contributed by atoms with Crippen LogP contribution in [0.2, 0.25) is 0 Å². The van der Waals surface area contributed by atoms with Crippen molar-refractivity contribution < 1.29 is 77.4 Å². The molecule has 1 aliphatic carbocycles. The number of carbonyl (C=O) groups is 3. The second-order valence-electron chi connectivity index (χ2n) is 8.75. The molecule has 0 aromatic carbocycles. The Kier molecular flexibility index (Phi) is 11.4. The summed E-state index contributed by atoms with van der Waals surface area (Å²) >= 11 is 0. The first-order valence-electron chi connectivity index (χ1n) is 9.69. The van der Waals surface area contributed by atoms with E-state index < -0.39 is 34.6 Å². The topological polar surface area (TPSA) is 91.7 Å². The molecule has 1 aliphatic rings. The quantitative estimate of drug-likeness (QED) is 0.415. The van der Waals surface area contributed by atoms with Gasteiger partial charge in [0.1, 0.15) is 11.3 Å². The van der Waals surface area contributed by atoms with Crippen molar-refractivity contribution in [2.24, 2.45) is 23.7 Å². The number of allylic oxidation sites excluding steroid dienone is 1. The Bertz CT molecular complexity index is 598. The zero-order chi connectivity index (χ0) is 20.2. The van der Waals surface area contributed by atoms with Crippen molar-refractivity contribution in [1.82, 2.24) is 0 Å². The minimum atomic E-state index is -2.26. The van der Waals surface area contributed by atoms with Gasteiger partial charge in [-0.05, 0) is 30.6 Å². The first-order valence-corrected chi connectivity index (χ1v) is 9.69. The summed E-state index contributed by atoms with van der Waals surface area (Å²) in [7, 11) is 0. The monoisotopic (exact) mass is 406 g/mol. The van der Waals surface area contributed by atoms with Gasteiger partial charge in [-0.15, -0.1) is 0 Å². The molecule has 0 radical (unpaired) electrons. The van der Waals surface area contributed by atoms with Gasteiger partial charge >= 0.3 is 51.4 Å². The van der Waals surface area contributed by atoms with Crippen LogP contribution in [-0.4, -0.2) is 33.2 Å². The summed E-state index contributed by atoms with van der Waals surface area (Å²) in [4.78, 5) is 38.1. The molecule has 0 bridgehead atoms. The normalized spacial score (nSPS) is 22.7. The number of aliphatic hydroxyl groups is 2. The van der Waals surface area contributed by atoms with E-state index in [4.69, 9.17) is 0 Å². The Labute approximate surface area is 207 Å². The molecule has 0 amide bonds. The molecule has 6 heteroatoms. The molecule has 1 rings (SSSR count). The Morgan fingerprint density at radius 1 is 1.04 bits per heavy atom. The average molecular weight is 407 g/mol. The molecule has 0 saturated carbocycles. The number of ketones is 3. The van der Waals surface area contributed by atoms with Gasteiger partial charge in [0.05, 0.1) is 5.92 Å². The predicted octanol–water partition coefficient (Wildman–Crippen LogP) is 0.902. The van der Waals surface area contributed by atoms with Crippen LogP contribution in [0.3, 0.4) is 0 Å². The van der Waals surface area contributed by atoms with E-state index in [1.165, 1.54) is 0 Å². The molecule has 0 aromatic heterocycles. The molecule has 27 heavy (non-hydrogen) atoms. The van der Waals surface area contributed by atoms with E-state index in [0.29, 0.717) is 12.8 Å². The second-order valence-corrected chi connectivity index (χ2v) is 8.75. The Hall–Kier alpha value is 0.146. The van der Waals surface area contributed by atoms with Crippen molar-refractivity contribution in [3.05, 3.63) is 11.3 Å². The fourth-order valence-corrected chi connectivity index (χ4v) is 3.36. The van der Waals surface area contributed by atoms with E-state index in [9.17, 15) is 24.6 Å². The molecule has 2 atom stereocenters. The van der Waals surface area contributed by atoms with Crippen molar-refractivity contribution in [3.8, 4) is 0 Å². The predicted molar refractivity (Wildman–Crippen MR) is 102 cm³/mol. The zero-order valence-electron chi connectivity index (χ0n) is 19.0. The third-order valence-electron chi connectivity index (χ3n) is 4.94. The van der Waals surface area contributed by atoms with Gasteiger partial charge in [0.15, 0.2) is 23.0 Å². The molecule has 0 spiro atoms. The third-order valence-corrected chi connectivity index (χ3v) is 4.94. The van der Waals surface area contributed by atoms with Crippen LogP contribution in [0.5, 0.6) is 0 Å². The summed E-state index contributed by atoms with van der Waals surface area (Å²) in [5.74, 6) is -2.92. The Balaban J connectivity index is 0. The standard InChI is InChI=1S/C21H34O5.K.H/c1-12(2)7-9-15-19(24)18(16(22)11-14(5)6)20(25)21(15,26)17(23)10-8-13(3)4;;/h12-15,25-26H,7-11H2,1-6H3;;/q;+1;-1/t15-,21+;;/m0../s1. The SMILES string of the molecule is CC(C)CCC(=O)[C@@]1(O)C(O)=C(C(=O)CC(C)C)C(=O)[C@@H]1CCC(C)C.[H-].[K+]. The van der Waals surface area contributed by atoms with E-state index >= 15 is 0 Å². The van der Waals surface area contributed by atoms with Crippen LogP contribution in [0, 0.1) is 23.7 Å². The van der Waals surface area contributed by atoms with Crippen LogP contribution < -0.4 is 51.4 Å². The van der Waals surface area contributed by atoms with Gasteiger partial charge in [0.2, 0.25) is 0 Å². The van der Waals surface area contributed by atoms with Crippen molar-refractivity contribution in [2.45, 2.75) is 79.2 Å². The van der Waals surface area contributed by atoms with Crippen molar-refractivity contribution in [3.63, 3.8) is 0 Å². The van der Waals surface area contributed by atoms with Gasteiger partial charge in [0, 0.05) is 12.8 Å². The zero-order valence-corrected chi connectivity index (χ0v) is 21.1. The molecular formula is C21H35KO5. The van der Waals surface area contributed by atoms with Gasteiger partial charge in [-0.2, -0.15) is 0 Å². The summed E-state index contributed by atoms with van der Waals surface area (Å²) in [6.07, 6.45) is 1.60. The minimum absolute atomic E-state index is 0. The third kappa shape index (κ3) is 6.58. The van der Waals surface area contributed by atoms with Gasteiger partial charge in [0.25, 0.3) is 0 Å². The van der Waals surface area contributed by atoms with Gasteiger partial charge in [-0.1, -0.05) is 48.0 Å². The van der Waals surface area contributed by atoms with Crippen LogP contribution in [0.25, 0.3) is 0 Å². The smallest absolute Gasteiger partial charge is 1.00 e. The Morgan fingerprint density at radius 2 is 1.56 bits per heavy atom. The molecular weight excluding hydrogens is 371 g/mol. The van der Waals surface area contributed by atoms with Gasteiger partial charge in [-0.25, -0.2) is 0 Å². The van der Waals surface area contributed by atoms with Crippen molar-refractivity contribution >= 4 is 17.3 Å². The van der Waals surface area contributed by atoms with Crippen molar-refractivity contribution in [1.29, 1.82) is 0 Å². The Morgan fingerprint density at radius 3 is 2.00 bits per heavy atom. The first kappa shape index (κ1) is 27.1. The molecule has 0 heterocycles. The molecule has 0 aromatic rings. The van der Waals surface area contributed by atoms with Crippen LogP contribution in [0.1, 0.15) is 75.1 Å². The van der Waals surface area contributed by atoms with Crippen LogP contribution in [-0.2, 0) is 14.4 Å². The summed E-state index contributed by atoms with van der Waals surface area (Å²) < 4.78 is 0. The van der Waals surface area contributed by atoms with Crippen LogP contribution in [0.4, 0.5) is 0 Å². The van der Waals surface area contributed by atoms with E-state index in [0.717, 1.165) is 0 Å². The van der Waals surface area contributed by atoms with Gasteiger partial charge < -0.3 is 11.6 Å². The summed E-state index contributed by atoms with van der Waals surface area (Å²) in [6, 6.07) is 0. The number of rotatable bonds is 10. The fourth-order valence-electron chi connectivity index (χ4n) is 3.36. The van der Waals surface area contributed by atoms with Crippen LogP contribution in [0.15, 0.2) is 11.3 Å². The largest absolute Gasteiger partial charge is 1.00 e.